The molecule has 0 radical (unpaired) electrons. The van der Waals surface area contributed by atoms with Gasteiger partial charge >= 0.3 is 5.97 Å². The van der Waals surface area contributed by atoms with Crippen LogP contribution < -0.4 is 0 Å². The fourth-order valence-electron chi connectivity index (χ4n) is 4.21. The molecule has 1 fully saturated rings. The minimum atomic E-state index is -0.631. The van der Waals surface area contributed by atoms with Crippen molar-refractivity contribution < 1.29 is 9.53 Å². The van der Waals surface area contributed by atoms with E-state index in [9.17, 15) is 4.79 Å². The molecule has 2 heteroatoms. The van der Waals surface area contributed by atoms with Crippen molar-refractivity contribution in [3.05, 3.63) is 71.8 Å². The molecule has 1 saturated carbocycles. The zero-order valence-electron chi connectivity index (χ0n) is 13.6. The van der Waals surface area contributed by atoms with Gasteiger partial charge in [-0.1, -0.05) is 81.4 Å². The summed E-state index contributed by atoms with van der Waals surface area (Å²) >= 11 is 0. The molecule has 1 aliphatic carbocycles. The molecule has 0 aromatic heterocycles. The Hall–Kier alpha value is -2.09. The predicted octanol–water partition coefficient (Wildman–Crippen LogP) is 4.44. The van der Waals surface area contributed by atoms with Gasteiger partial charge < -0.3 is 4.74 Å². The first-order chi connectivity index (χ1) is 10.4. The van der Waals surface area contributed by atoms with Gasteiger partial charge in [-0.2, -0.15) is 0 Å². The number of hydrogen-bond acceptors (Lipinski definition) is 2. The van der Waals surface area contributed by atoms with E-state index >= 15 is 0 Å². The van der Waals surface area contributed by atoms with Crippen molar-refractivity contribution in [2.24, 2.45) is 5.41 Å². The Morgan fingerprint density at radius 2 is 1.27 bits per heavy atom. The Labute approximate surface area is 132 Å². The summed E-state index contributed by atoms with van der Waals surface area (Å²) in [5, 5.41) is 0. The summed E-state index contributed by atoms with van der Waals surface area (Å²) in [6.45, 7) is 8.04. The van der Waals surface area contributed by atoms with Gasteiger partial charge in [-0.25, -0.2) is 0 Å². The van der Waals surface area contributed by atoms with Crippen molar-refractivity contribution >= 4 is 5.97 Å². The molecule has 0 spiro atoms. The van der Waals surface area contributed by atoms with Gasteiger partial charge in [0.1, 0.15) is 0 Å². The van der Waals surface area contributed by atoms with E-state index in [1.807, 2.05) is 36.4 Å². The molecule has 0 N–H and O–H groups in total. The van der Waals surface area contributed by atoms with E-state index in [0.29, 0.717) is 0 Å². The zero-order chi connectivity index (χ0) is 16.0. The van der Waals surface area contributed by atoms with Crippen molar-refractivity contribution in [2.45, 2.75) is 38.7 Å². The standard InChI is InChI=1S/C20H22O2/c1-15(21)22-20(17-13-9-6-10-14-17)18(2,3)19(20,4)16-11-7-5-8-12-16/h5-14H,1-4H3/t19?,20-/m1/s1. The molecule has 0 saturated heterocycles. The number of rotatable bonds is 3. The molecule has 0 heterocycles. The Kier molecular flexibility index (Phi) is 3.17. The Morgan fingerprint density at radius 1 is 0.818 bits per heavy atom. The summed E-state index contributed by atoms with van der Waals surface area (Å²) < 4.78 is 5.98. The van der Waals surface area contributed by atoms with Crippen LogP contribution in [-0.2, 0) is 20.5 Å². The molecule has 0 bridgehead atoms. The third-order valence-electron chi connectivity index (χ3n) is 5.60. The molecule has 2 nitrogen and oxygen atoms in total. The van der Waals surface area contributed by atoms with Gasteiger partial charge in [0.05, 0.1) is 0 Å². The molecule has 3 rings (SSSR count). The average Bonchev–Trinajstić information content (AvgIpc) is 2.91. The lowest BCUT2D eigenvalue weighted by atomic mass is 9.88. The predicted molar refractivity (Wildman–Crippen MR) is 87.5 cm³/mol. The second-order valence-corrected chi connectivity index (χ2v) is 6.76. The molecule has 0 aliphatic heterocycles. The number of esters is 1. The van der Waals surface area contributed by atoms with Crippen LogP contribution in [0.1, 0.15) is 38.8 Å². The highest BCUT2D eigenvalue weighted by Gasteiger charge is 2.84. The van der Waals surface area contributed by atoms with Gasteiger partial charge in [0, 0.05) is 17.8 Å². The first-order valence-electron chi connectivity index (χ1n) is 7.68. The minimum Gasteiger partial charge on any atom is -0.453 e. The summed E-state index contributed by atoms with van der Waals surface area (Å²) in [4.78, 5) is 11.9. The lowest BCUT2D eigenvalue weighted by Gasteiger charge is -2.24. The summed E-state index contributed by atoms with van der Waals surface area (Å²) in [5.41, 5.74) is 1.18. The third kappa shape index (κ3) is 1.64. The second kappa shape index (κ2) is 4.70. The third-order valence-corrected chi connectivity index (χ3v) is 5.60. The maximum absolute atomic E-state index is 11.9. The summed E-state index contributed by atoms with van der Waals surface area (Å²) in [6.07, 6.45) is 0. The van der Waals surface area contributed by atoms with Gasteiger partial charge in [0.25, 0.3) is 0 Å². The van der Waals surface area contributed by atoms with E-state index in [4.69, 9.17) is 4.74 Å². The van der Waals surface area contributed by atoms with Gasteiger partial charge in [-0.15, -0.1) is 0 Å². The van der Waals surface area contributed by atoms with Crippen LogP contribution in [0.3, 0.4) is 0 Å². The second-order valence-electron chi connectivity index (χ2n) is 6.76. The molecular weight excluding hydrogens is 272 g/mol. The number of benzene rings is 2. The first kappa shape index (κ1) is 14.8. The van der Waals surface area contributed by atoms with Gasteiger partial charge in [0.2, 0.25) is 0 Å². The number of ether oxygens (including phenoxy) is 1. The lowest BCUT2D eigenvalue weighted by Crippen LogP contribution is -2.26. The van der Waals surface area contributed by atoms with Crippen LogP contribution in [0.5, 0.6) is 0 Å². The normalized spacial score (nSPS) is 28.9. The monoisotopic (exact) mass is 294 g/mol. The van der Waals surface area contributed by atoms with Crippen molar-refractivity contribution in [3.63, 3.8) is 0 Å². The van der Waals surface area contributed by atoms with Crippen molar-refractivity contribution in [3.8, 4) is 0 Å². The van der Waals surface area contributed by atoms with E-state index in [1.54, 1.807) is 0 Å². The molecule has 2 aromatic carbocycles. The van der Waals surface area contributed by atoms with Crippen LogP contribution in [0.4, 0.5) is 0 Å². The van der Waals surface area contributed by atoms with E-state index in [1.165, 1.54) is 12.5 Å². The van der Waals surface area contributed by atoms with Crippen LogP contribution in [0, 0.1) is 5.41 Å². The summed E-state index contributed by atoms with van der Waals surface area (Å²) in [5.74, 6) is -0.239. The highest BCUT2D eigenvalue weighted by molar-refractivity contribution is 5.69. The quantitative estimate of drug-likeness (QED) is 0.782. The highest BCUT2D eigenvalue weighted by Crippen LogP contribution is 2.78. The molecule has 1 unspecified atom stereocenters. The number of carbonyl (C=O) groups excluding carboxylic acids is 1. The van der Waals surface area contributed by atoms with E-state index in [2.05, 4.69) is 45.0 Å². The molecule has 1 aliphatic rings. The maximum Gasteiger partial charge on any atom is 0.303 e. The summed E-state index contributed by atoms with van der Waals surface area (Å²) in [7, 11) is 0. The van der Waals surface area contributed by atoms with Crippen LogP contribution in [0.15, 0.2) is 60.7 Å². The smallest absolute Gasteiger partial charge is 0.303 e. The number of carbonyl (C=O) groups is 1. The highest BCUT2D eigenvalue weighted by atomic mass is 16.6. The van der Waals surface area contributed by atoms with Gasteiger partial charge in [-0.3, -0.25) is 4.79 Å². The van der Waals surface area contributed by atoms with Gasteiger partial charge in [0.15, 0.2) is 5.60 Å². The van der Waals surface area contributed by atoms with Crippen molar-refractivity contribution in [2.75, 3.05) is 0 Å². The van der Waals surface area contributed by atoms with Gasteiger partial charge in [-0.05, 0) is 11.1 Å². The zero-order valence-corrected chi connectivity index (χ0v) is 13.6. The molecular formula is C20H22O2. The molecule has 2 aromatic rings. The lowest BCUT2D eigenvalue weighted by molar-refractivity contribution is -0.152. The topological polar surface area (TPSA) is 26.3 Å². The van der Waals surface area contributed by atoms with Crippen molar-refractivity contribution in [1.29, 1.82) is 0 Å². The average molecular weight is 294 g/mol. The Bertz CT molecular complexity index is 690. The Morgan fingerprint density at radius 3 is 1.73 bits per heavy atom. The fourth-order valence-corrected chi connectivity index (χ4v) is 4.21. The minimum absolute atomic E-state index is 0.186. The number of hydrogen-bond donors (Lipinski definition) is 0. The molecule has 2 atom stereocenters. The van der Waals surface area contributed by atoms with E-state index in [0.717, 1.165) is 5.56 Å². The fraction of sp³-hybridized carbons (Fsp3) is 0.350. The van der Waals surface area contributed by atoms with Crippen LogP contribution in [0.2, 0.25) is 0 Å². The largest absolute Gasteiger partial charge is 0.453 e. The maximum atomic E-state index is 11.9. The SMILES string of the molecule is CC(=O)O[C@]1(c2ccccc2)C(C)(C)C1(C)c1ccccc1. The molecule has 22 heavy (non-hydrogen) atoms. The van der Waals surface area contributed by atoms with Crippen molar-refractivity contribution in [1.82, 2.24) is 0 Å². The molecule has 114 valence electrons. The first-order valence-corrected chi connectivity index (χ1v) is 7.68. The van der Waals surface area contributed by atoms with Crippen LogP contribution in [-0.4, -0.2) is 5.97 Å². The van der Waals surface area contributed by atoms with E-state index in [-0.39, 0.29) is 16.8 Å². The van der Waals surface area contributed by atoms with E-state index < -0.39 is 5.60 Å². The molecule has 0 amide bonds. The van der Waals surface area contributed by atoms with Crippen LogP contribution >= 0.6 is 0 Å². The van der Waals surface area contributed by atoms with Crippen LogP contribution in [0.25, 0.3) is 0 Å². The summed E-state index contributed by atoms with van der Waals surface area (Å²) in [6, 6.07) is 20.4. The Balaban J connectivity index is 2.21.